The molecule has 2 aromatic carbocycles. The van der Waals surface area contributed by atoms with Crippen LogP contribution in [0.5, 0.6) is 0 Å². The molecule has 0 spiro atoms. The van der Waals surface area contributed by atoms with Crippen LogP contribution in [0.2, 0.25) is 0 Å². The van der Waals surface area contributed by atoms with E-state index in [1.165, 1.54) is 15.9 Å². The molecule has 6 nitrogen and oxygen atoms in total. The number of fused-ring (bicyclic) bond motifs is 2. The molecule has 0 aliphatic heterocycles. The number of rotatable bonds is 2. The normalized spacial score (nSPS) is 11.4. The summed E-state index contributed by atoms with van der Waals surface area (Å²) in [7, 11) is 0. The zero-order chi connectivity index (χ0) is 19.3. The van der Waals surface area contributed by atoms with Crippen molar-refractivity contribution in [2.75, 3.05) is 0 Å². The van der Waals surface area contributed by atoms with E-state index < -0.39 is 0 Å². The zero-order valence-corrected chi connectivity index (χ0v) is 16.1. The molecule has 28 heavy (non-hydrogen) atoms. The van der Waals surface area contributed by atoms with Crippen LogP contribution in [0.4, 0.5) is 0 Å². The second kappa shape index (κ2) is 6.31. The molecular formula is C21H15N5OS. The minimum atomic E-state index is -0.272. The zero-order valence-electron chi connectivity index (χ0n) is 15.2. The van der Waals surface area contributed by atoms with Crippen LogP contribution < -0.4 is 5.56 Å². The lowest BCUT2D eigenvalue weighted by atomic mass is 10.1. The predicted octanol–water partition coefficient (Wildman–Crippen LogP) is 4.05. The van der Waals surface area contributed by atoms with Gasteiger partial charge in [-0.2, -0.15) is 9.61 Å². The minimum absolute atomic E-state index is 0.272. The summed E-state index contributed by atoms with van der Waals surface area (Å²) in [6.45, 7) is 3.95. The SMILES string of the molecule is Cc1ccc(-c2nnc3sc(-c4cc(C)nc5ccccc45)nn3c2=O)cc1. The molecule has 3 heterocycles. The Morgan fingerprint density at radius 1 is 0.964 bits per heavy atom. The van der Waals surface area contributed by atoms with Crippen molar-refractivity contribution < 1.29 is 0 Å². The third kappa shape index (κ3) is 2.68. The average molecular weight is 385 g/mol. The first kappa shape index (κ1) is 16.7. The average Bonchev–Trinajstić information content (AvgIpc) is 3.14. The molecule has 5 aromatic rings. The van der Waals surface area contributed by atoms with E-state index in [9.17, 15) is 4.79 Å². The maximum Gasteiger partial charge on any atom is 0.302 e. The van der Waals surface area contributed by atoms with E-state index in [0.29, 0.717) is 15.7 Å². The van der Waals surface area contributed by atoms with Crippen LogP contribution in [-0.4, -0.2) is 24.8 Å². The third-order valence-corrected chi connectivity index (χ3v) is 5.52. The number of aryl methyl sites for hydroxylation is 2. The van der Waals surface area contributed by atoms with Gasteiger partial charge in [0.05, 0.1) is 5.52 Å². The largest absolute Gasteiger partial charge is 0.302 e. The van der Waals surface area contributed by atoms with E-state index in [2.05, 4.69) is 20.3 Å². The van der Waals surface area contributed by atoms with Gasteiger partial charge in [-0.1, -0.05) is 59.4 Å². The number of hydrogen-bond donors (Lipinski definition) is 0. The van der Waals surface area contributed by atoms with Gasteiger partial charge < -0.3 is 0 Å². The Kier molecular flexibility index (Phi) is 3.77. The fourth-order valence-electron chi connectivity index (χ4n) is 3.20. The Labute approximate surface area is 164 Å². The fourth-order valence-corrected chi connectivity index (χ4v) is 4.07. The molecule has 0 saturated carbocycles. The van der Waals surface area contributed by atoms with E-state index in [4.69, 9.17) is 0 Å². The lowest BCUT2D eigenvalue weighted by Crippen LogP contribution is -2.19. The molecule has 0 saturated heterocycles. The fraction of sp³-hybridized carbons (Fsp3) is 0.0952. The van der Waals surface area contributed by atoms with E-state index >= 15 is 0 Å². The molecule has 3 aromatic heterocycles. The smallest absolute Gasteiger partial charge is 0.265 e. The summed E-state index contributed by atoms with van der Waals surface area (Å²) in [5.41, 5.74) is 4.61. The number of para-hydroxylation sites is 1. The topological polar surface area (TPSA) is 73.0 Å². The van der Waals surface area contributed by atoms with Gasteiger partial charge in [0.15, 0.2) is 5.69 Å². The quantitative estimate of drug-likeness (QED) is 0.458. The Morgan fingerprint density at radius 3 is 2.57 bits per heavy atom. The lowest BCUT2D eigenvalue weighted by Gasteiger charge is -2.04. The van der Waals surface area contributed by atoms with Crippen molar-refractivity contribution in [2.45, 2.75) is 13.8 Å². The minimum Gasteiger partial charge on any atom is -0.265 e. The molecule has 0 unspecified atom stereocenters. The molecule has 0 amide bonds. The number of hydrogen-bond acceptors (Lipinski definition) is 6. The van der Waals surface area contributed by atoms with Gasteiger partial charge >= 0.3 is 5.56 Å². The third-order valence-electron chi connectivity index (χ3n) is 4.59. The number of benzene rings is 2. The highest BCUT2D eigenvalue weighted by Crippen LogP contribution is 2.31. The van der Waals surface area contributed by atoms with E-state index in [1.807, 2.05) is 68.4 Å². The van der Waals surface area contributed by atoms with Crippen LogP contribution in [0.3, 0.4) is 0 Å². The van der Waals surface area contributed by atoms with E-state index in [-0.39, 0.29) is 5.56 Å². The van der Waals surface area contributed by atoms with Crippen molar-refractivity contribution in [2.24, 2.45) is 0 Å². The maximum absolute atomic E-state index is 13.0. The molecule has 0 aliphatic rings. The Morgan fingerprint density at radius 2 is 1.75 bits per heavy atom. The Bertz CT molecular complexity index is 1400. The lowest BCUT2D eigenvalue weighted by molar-refractivity contribution is 0.862. The molecule has 0 N–H and O–H groups in total. The number of aromatic nitrogens is 5. The maximum atomic E-state index is 13.0. The first-order chi connectivity index (χ1) is 13.6. The van der Waals surface area contributed by atoms with E-state index in [1.54, 1.807) is 0 Å². The van der Waals surface area contributed by atoms with Crippen LogP contribution in [-0.2, 0) is 0 Å². The summed E-state index contributed by atoms with van der Waals surface area (Å²) < 4.78 is 1.34. The summed E-state index contributed by atoms with van der Waals surface area (Å²) in [6, 6.07) is 17.5. The summed E-state index contributed by atoms with van der Waals surface area (Å²) in [4.78, 5) is 18.0. The molecule has 136 valence electrons. The van der Waals surface area contributed by atoms with Gasteiger partial charge in [0.25, 0.3) is 0 Å². The van der Waals surface area contributed by atoms with Gasteiger partial charge in [0.2, 0.25) is 4.96 Å². The second-order valence-electron chi connectivity index (χ2n) is 6.65. The van der Waals surface area contributed by atoms with Gasteiger partial charge in [0, 0.05) is 22.2 Å². The second-order valence-corrected chi connectivity index (χ2v) is 7.61. The van der Waals surface area contributed by atoms with Crippen molar-refractivity contribution in [3.05, 3.63) is 76.2 Å². The highest BCUT2D eigenvalue weighted by Gasteiger charge is 2.16. The van der Waals surface area contributed by atoms with Crippen molar-refractivity contribution in [1.82, 2.24) is 24.8 Å². The Hall–Kier alpha value is -3.45. The standard InChI is InChI=1S/C21H15N5OS/c1-12-7-9-14(10-8-12)18-20(27)26-21(24-23-18)28-19(25-26)16-11-13(2)22-17-6-4-3-5-15(16)17/h3-11H,1-2H3. The van der Waals surface area contributed by atoms with Crippen molar-refractivity contribution in [3.63, 3.8) is 0 Å². The van der Waals surface area contributed by atoms with Crippen LogP contribution >= 0.6 is 11.3 Å². The first-order valence-corrected chi connectivity index (χ1v) is 9.62. The van der Waals surface area contributed by atoms with Gasteiger partial charge in [-0.3, -0.25) is 9.78 Å². The number of pyridine rings is 1. The highest BCUT2D eigenvalue weighted by atomic mass is 32.1. The molecule has 7 heteroatoms. The van der Waals surface area contributed by atoms with Gasteiger partial charge in [-0.05, 0) is 26.0 Å². The molecule has 0 atom stereocenters. The van der Waals surface area contributed by atoms with Gasteiger partial charge in [-0.15, -0.1) is 10.2 Å². The molecule has 0 radical (unpaired) electrons. The van der Waals surface area contributed by atoms with Crippen LogP contribution in [0.1, 0.15) is 11.3 Å². The van der Waals surface area contributed by atoms with Gasteiger partial charge in [-0.25, -0.2) is 0 Å². The summed E-state index contributed by atoms with van der Waals surface area (Å²) in [5, 5.41) is 14.7. The van der Waals surface area contributed by atoms with Crippen molar-refractivity contribution >= 4 is 27.2 Å². The molecule has 0 aliphatic carbocycles. The van der Waals surface area contributed by atoms with Gasteiger partial charge in [0.1, 0.15) is 5.01 Å². The summed E-state index contributed by atoms with van der Waals surface area (Å²) >= 11 is 1.34. The van der Waals surface area contributed by atoms with Crippen LogP contribution in [0.25, 0.3) is 37.7 Å². The first-order valence-electron chi connectivity index (χ1n) is 8.80. The van der Waals surface area contributed by atoms with Crippen LogP contribution in [0.15, 0.2) is 59.4 Å². The monoisotopic (exact) mass is 385 g/mol. The predicted molar refractivity (Wildman–Crippen MR) is 111 cm³/mol. The highest BCUT2D eigenvalue weighted by molar-refractivity contribution is 7.19. The number of nitrogens with zero attached hydrogens (tertiary/aromatic N) is 5. The van der Waals surface area contributed by atoms with Crippen LogP contribution in [0, 0.1) is 13.8 Å². The van der Waals surface area contributed by atoms with Crippen molar-refractivity contribution in [3.8, 4) is 21.8 Å². The Balaban J connectivity index is 1.73. The molecular weight excluding hydrogens is 370 g/mol. The van der Waals surface area contributed by atoms with E-state index in [0.717, 1.165) is 33.3 Å². The van der Waals surface area contributed by atoms with Crippen molar-refractivity contribution in [1.29, 1.82) is 0 Å². The molecule has 0 bridgehead atoms. The summed E-state index contributed by atoms with van der Waals surface area (Å²) in [5.74, 6) is 0. The molecule has 5 rings (SSSR count). The summed E-state index contributed by atoms with van der Waals surface area (Å²) in [6.07, 6.45) is 0. The molecule has 0 fully saturated rings.